The summed E-state index contributed by atoms with van der Waals surface area (Å²) in [6, 6.07) is 0. The van der Waals surface area contributed by atoms with Gasteiger partial charge in [-0.15, -0.1) is 9.24 Å². The minimum atomic E-state index is -0.414. The van der Waals surface area contributed by atoms with Gasteiger partial charge in [0.15, 0.2) is 5.79 Å². The molecule has 0 aromatic rings. The van der Waals surface area contributed by atoms with Gasteiger partial charge in [-0.3, -0.25) is 0 Å². The Morgan fingerprint density at radius 1 is 1.12 bits per heavy atom. The summed E-state index contributed by atoms with van der Waals surface area (Å²) in [5, 5.41) is 0. The van der Waals surface area contributed by atoms with Crippen LogP contribution >= 0.6 is 9.24 Å². The van der Waals surface area contributed by atoms with Gasteiger partial charge in [0, 0.05) is 0 Å². The Morgan fingerprint density at radius 2 is 1.76 bits per heavy atom. The van der Waals surface area contributed by atoms with Gasteiger partial charge < -0.3 is 9.47 Å². The van der Waals surface area contributed by atoms with E-state index >= 15 is 0 Å². The van der Waals surface area contributed by atoms with Crippen molar-refractivity contribution in [1.82, 2.24) is 0 Å². The van der Waals surface area contributed by atoms with Crippen LogP contribution in [0.25, 0.3) is 0 Å². The molecule has 1 heterocycles. The predicted molar refractivity (Wildman–Crippen MR) is 76.4 cm³/mol. The van der Waals surface area contributed by atoms with Crippen LogP contribution in [0.5, 0.6) is 0 Å². The lowest BCUT2D eigenvalue weighted by Crippen LogP contribution is -2.42. The number of rotatable bonds is 7. The molecule has 0 saturated carbocycles. The van der Waals surface area contributed by atoms with Crippen LogP contribution in [0, 0.1) is 0 Å². The van der Waals surface area contributed by atoms with Crippen molar-refractivity contribution in [2.24, 2.45) is 0 Å². The SMILES string of the molecule is CCCCC1OC(C)(C)OC1(CP)CCCC. The van der Waals surface area contributed by atoms with Crippen molar-refractivity contribution < 1.29 is 9.47 Å². The lowest BCUT2D eigenvalue weighted by molar-refractivity contribution is -0.160. The fraction of sp³-hybridized carbons (Fsp3) is 1.00. The third kappa shape index (κ3) is 3.91. The van der Waals surface area contributed by atoms with Gasteiger partial charge in [0.1, 0.15) is 5.60 Å². The monoisotopic (exact) mass is 260 g/mol. The van der Waals surface area contributed by atoms with Gasteiger partial charge in [-0.05, 0) is 32.9 Å². The Balaban J connectivity index is 2.74. The molecule has 1 saturated heterocycles. The first-order chi connectivity index (χ1) is 7.99. The number of hydrogen-bond acceptors (Lipinski definition) is 2. The fourth-order valence-electron chi connectivity index (χ4n) is 2.70. The minimum Gasteiger partial charge on any atom is -0.344 e. The van der Waals surface area contributed by atoms with E-state index in [2.05, 4.69) is 23.1 Å². The molecule has 0 aliphatic carbocycles. The highest BCUT2D eigenvalue weighted by atomic mass is 31.0. The summed E-state index contributed by atoms with van der Waals surface area (Å²) in [7, 11) is 2.86. The molecule has 0 amide bonds. The first kappa shape index (κ1) is 15.4. The van der Waals surface area contributed by atoms with E-state index in [4.69, 9.17) is 9.47 Å². The summed E-state index contributed by atoms with van der Waals surface area (Å²) in [5.41, 5.74) is -0.0701. The van der Waals surface area contributed by atoms with Crippen LogP contribution in [-0.2, 0) is 9.47 Å². The first-order valence-electron chi connectivity index (χ1n) is 7.07. The van der Waals surface area contributed by atoms with Crippen molar-refractivity contribution in [3.63, 3.8) is 0 Å². The molecule has 102 valence electrons. The normalized spacial score (nSPS) is 31.9. The Kier molecular flexibility index (Phi) is 5.89. The summed E-state index contributed by atoms with van der Waals surface area (Å²) in [5.74, 6) is -0.414. The Labute approximate surface area is 109 Å². The van der Waals surface area contributed by atoms with Crippen LogP contribution in [-0.4, -0.2) is 23.7 Å². The van der Waals surface area contributed by atoms with E-state index in [1.807, 2.05) is 13.8 Å². The second-order valence-corrected chi connectivity index (χ2v) is 6.03. The highest BCUT2D eigenvalue weighted by molar-refractivity contribution is 7.16. The molecule has 0 aromatic heterocycles. The van der Waals surface area contributed by atoms with E-state index < -0.39 is 5.79 Å². The molecule has 1 rings (SSSR count). The summed E-state index contributed by atoms with van der Waals surface area (Å²) in [6.45, 7) is 8.55. The molecule has 3 atom stereocenters. The Morgan fingerprint density at radius 3 is 2.29 bits per heavy atom. The number of ether oxygens (including phenoxy) is 2. The van der Waals surface area contributed by atoms with Crippen LogP contribution in [0.1, 0.15) is 66.2 Å². The zero-order chi connectivity index (χ0) is 12.9. The van der Waals surface area contributed by atoms with Crippen molar-refractivity contribution in [2.45, 2.75) is 83.7 Å². The van der Waals surface area contributed by atoms with Crippen molar-refractivity contribution in [3.05, 3.63) is 0 Å². The average molecular weight is 260 g/mol. The van der Waals surface area contributed by atoms with Crippen LogP contribution in [0.15, 0.2) is 0 Å². The number of hydrogen-bond donors (Lipinski definition) is 0. The predicted octanol–water partition coefficient (Wildman–Crippen LogP) is 4.13. The van der Waals surface area contributed by atoms with E-state index in [-0.39, 0.29) is 11.7 Å². The summed E-state index contributed by atoms with van der Waals surface area (Å²) >= 11 is 0. The van der Waals surface area contributed by atoms with Crippen LogP contribution < -0.4 is 0 Å². The van der Waals surface area contributed by atoms with Crippen molar-refractivity contribution >= 4 is 9.24 Å². The average Bonchev–Trinajstić information content (AvgIpc) is 2.55. The van der Waals surface area contributed by atoms with Gasteiger partial charge in [-0.1, -0.05) is 39.5 Å². The van der Waals surface area contributed by atoms with Crippen LogP contribution in [0.3, 0.4) is 0 Å². The van der Waals surface area contributed by atoms with E-state index in [9.17, 15) is 0 Å². The summed E-state index contributed by atoms with van der Waals surface area (Å²) in [4.78, 5) is 0. The third-order valence-corrected chi connectivity index (χ3v) is 4.27. The molecular formula is C14H29O2P. The molecule has 0 spiro atoms. The lowest BCUT2D eigenvalue weighted by atomic mass is 9.89. The smallest absolute Gasteiger partial charge is 0.164 e. The number of unbranched alkanes of at least 4 members (excludes halogenated alkanes) is 2. The second-order valence-electron chi connectivity index (χ2n) is 5.62. The van der Waals surface area contributed by atoms with Gasteiger partial charge in [-0.25, -0.2) is 0 Å². The first-order valence-corrected chi connectivity index (χ1v) is 7.89. The topological polar surface area (TPSA) is 18.5 Å². The van der Waals surface area contributed by atoms with Gasteiger partial charge in [0.05, 0.1) is 6.10 Å². The molecule has 3 heteroatoms. The van der Waals surface area contributed by atoms with Crippen LogP contribution in [0.2, 0.25) is 0 Å². The Bertz CT molecular complexity index is 230. The molecule has 0 bridgehead atoms. The standard InChI is InChI=1S/C14H29O2P/c1-5-7-9-12-14(11-17,10-8-6-2)16-13(3,4)15-12/h12H,5-11,17H2,1-4H3. The lowest BCUT2D eigenvalue weighted by Gasteiger charge is -2.32. The van der Waals surface area contributed by atoms with E-state index in [0.29, 0.717) is 0 Å². The molecular weight excluding hydrogens is 231 g/mol. The maximum absolute atomic E-state index is 6.25. The third-order valence-electron chi connectivity index (χ3n) is 3.58. The highest BCUT2D eigenvalue weighted by Gasteiger charge is 2.50. The Hall–Kier alpha value is 0.350. The quantitative estimate of drug-likeness (QED) is 0.641. The van der Waals surface area contributed by atoms with Crippen molar-refractivity contribution in [2.75, 3.05) is 6.16 Å². The zero-order valence-corrected chi connectivity index (χ0v) is 13.1. The molecule has 0 radical (unpaired) electrons. The molecule has 1 aliphatic heterocycles. The van der Waals surface area contributed by atoms with Gasteiger partial charge in [0.2, 0.25) is 0 Å². The molecule has 0 aromatic carbocycles. The molecule has 17 heavy (non-hydrogen) atoms. The largest absolute Gasteiger partial charge is 0.344 e. The van der Waals surface area contributed by atoms with E-state index in [1.165, 1.54) is 25.7 Å². The highest BCUT2D eigenvalue weighted by Crippen LogP contribution is 2.42. The molecule has 2 nitrogen and oxygen atoms in total. The summed E-state index contributed by atoms with van der Waals surface area (Å²) < 4.78 is 12.4. The maximum Gasteiger partial charge on any atom is 0.164 e. The maximum atomic E-state index is 6.25. The van der Waals surface area contributed by atoms with Crippen LogP contribution in [0.4, 0.5) is 0 Å². The molecule has 1 aliphatic rings. The van der Waals surface area contributed by atoms with Crippen molar-refractivity contribution in [3.8, 4) is 0 Å². The van der Waals surface area contributed by atoms with Gasteiger partial charge >= 0.3 is 0 Å². The van der Waals surface area contributed by atoms with E-state index in [0.717, 1.165) is 19.0 Å². The molecule has 0 N–H and O–H groups in total. The van der Waals surface area contributed by atoms with Gasteiger partial charge in [0.25, 0.3) is 0 Å². The van der Waals surface area contributed by atoms with E-state index in [1.54, 1.807) is 0 Å². The summed E-state index contributed by atoms with van der Waals surface area (Å²) in [6.07, 6.45) is 8.37. The van der Waals surface area contributed by atoms with Gasteiger partial charge in [-0.2, -0.15) is 0 Å². The fourth-order valence-corrected chi connectivity index (χ4v) is 3.25. The zero-order valence-electron chi connectivity index (χ0n) is 11.9. The van der Waals surface area contributed by atoms with Crippen molar-refractivity contribution in [1.29, 1.82) is 0 Å². The molecule has 3 unspecified atom stereocenters. The second kappa shape index (κ2) is 6.50. The minimum absolute atomic E-state index is 0.0701. The molecule has 1 fully saturated rings.